The molecule has 0 aliphatic carbocycles. The quantitative estimate of drug-likeness (QED) is 0.113. The second-order valence-electron chi connectivity index (χ2n) is 12.7. The highest BCUT2D eigenvalue weighted by atomic mass is 16.5. The maximum atomic E-state index is 12.3. The summed E-state index contributed by atoms with van der Waals surface area (Å²) in [5, 5.41) is 0. The zero-order valence-corrected chi connectivity index (χ0v) is 28.6. The van der Waals surface area contributed by atoms with Crippen LogP contribution in [0.2, 0.25) is 0 Å². The minimum atomic E-state index is 0.129. The summed E-state index contributed by atoms with van der Waals surface area (Å²) in [5.41, 5.74) is 10.1. The van der Waals surface area contributed by atoms with Crippen LogP contribution in [0.5, 0.6) is 0 Å². The van der Waals surface area contributed by atoms with E-state index < -0.39 is 0 Å². The van der Waals surface area contributed by atoms with Gasteiger partial charge in [-0.25, -0.2) is 0 Å². The molecule has 1 amide bonds. The summed E-state index contributed by atoms with van der Waals surface area (Å²) < 4.78 is 5.33. The van der Waals surface area contributed by atoms with E-state index in [0.29, 0.717) is 26.3 Å². The van der Waals surface area contributed by atoms with Crippen LogP contribution in [0.25, 0.3) is 0 Å². The first-order valence-electron chi connectivity index (χ1n) is 16.5. The number of amides is 1. The summed E-state index contributed by atoms with van der Waals surface area (Å²) in [6.07, 6.45) is 29.6. The molecule has 0 bridgehead atoms. The van der Waals surface area contributed by atoms with E-state index in [1.807, 2.05) is 11.0 Å². The van der Waals surface area contributed by atoms with E-state index in [-0.39, 0.29) is 5.91 Å². The first-order valence-corrected chi connectivity index (χ1v) is 16.5. The third kappa shape index (κ3) is 20.5. The molecule has 0 aromatic carbocycles. The van der Waals surface area contributed by atoms with Gasteiger partial charge in [-0.3, -0.25) is 4.79 Å². The fraction of sp³-hybridized carbons (Fsp3) is 0.615. The molecular formula is C39H63NO2. The summed E-state index contributed by atoms with van der Waals surface area (Å²) in [6, 6.07) is 0. The minimum Gasteiger partial charge on any atom is -0.378 e. The van der Waals surface area contributed by atoms with E-state index in [4.69, 9.17) is 4.74 Å². The van der Waals surface area contributed by atoms with Gasteiger partial charge < -0.3 is 9.64 Å². The highest BCUT2D eigenvalue weighted by Gasteiger charge is 2.14. The fourth-order valence-corrected chi connectivity index (χ4v) is 4.99. The van der Waals surface area contributed by atoms with Crippen LogP contribution in [-0.4, -0.2) is 37.1 Å². The highest BCUT2D eigenvalue weighted by Crippen LogP contribution is 2.16. The number of allylic oxidation sites excluding steroid dienone is 13. The van der Waals surface area contributed by atoms with E-state index in [0.717, 1.165) is 69.8 Å². The normalized spacial score (nSPS) is 16.2. The zero-order valence-electron chi connectivity index (χ0n) is 28.6. The van der Waals surface area contributed by atoms with Gasteiger partial charge in [0.15, 0.2) is 0 Å². The third-order valence-corrected chi connectivity index (χ3v) is 7.94. The first-order chi connectivity index (χ1) is 20.1. The molecule has 1 fully saturated rings. The van der Waals surface area contributed by atoms with Crippen molar-refractivity contribution < 1.29 is 9.53 Å². The minimum absolute atomic E-state index is 0.129. The average Bonchev–Trinajstić information content (AvgIpc) is 2.93. The zero-order chi connectivity index (χ0) is 31.2. The van der Waals surface area contributed by atoms with Crippen molar-refractivity contribution in [3.8, 4) is 0 Å². The van der Waals surface area contributed by atoms with Gasteiger partial charge >= 0.3 is 0 Å². The van der Waals surface area contributed by atoms with Crippen molar-refractivity contribution >= 4 is 5.91 Å². The average molecular weight is 578 g/mol. The molecule has 1 aliphatic rings. The number of carbonyl (C=O) groups excluding carboxylic acids is 1. The van der Waals surface area contributed by atoms with Gasteiger partial charge in [0.2, 0.25) is 5.91 Å². The molecule has 1 heterocycles. The van der Waals surface area contributed by atoms with Crippen molar-refractivity contribution in [3.05, 3.63) is 81.5 Å². The lowest BCUT2D eigenvalue weighted by molar-refractivity contribution is -0.130. The number of ether oxygens (including phenoxy) is 1. The van der Waals surface area contributed by atoms with Crippen LogP contribution in [-0.2, 0) is 9.53 Å². The Kier molecular flexibility index (Phi) is 20.7. The molecule has 0 aromatic rings. The Balaban J connectivity index is 2.23. The number of nitrogens with zero attached hydrogens (tertiary/aromatic N) is 1. The molecule has 236 valence electrons. The number of morpholine rings is 1. The summed E-state index contributed by atoms with van der Waals surface area (Å²) in [6.45, 7) is 20.5. The van der Waals surface area contributed by atoms with Crippen LogP contribution < -0.4 is 0 Å². The van der Waals surface area contributed by atoms with E-state index >= 15 is 0 Å². The maximum absolute atomic E-state index is 12.3. The lowest BCUT2D eigenvalue weighted by Crippen LogP contribution is -2.39. The van der Waals surface area contributed by atoms with Crippen molar-refractivity contribution in [1.82, 2.24) is 4.90 Å². The molecule has 0 N–H and O–H groups in total. The van der Waals surface area contributed by atoms with Crippen LogP contribution in [0.1, 0.15) is 132 Å². The van der Waals surface area contributed by atoms with Gasteiger partial charge in [-0.05, 0) is 132 Å². The first kappa shape index (κ1) is 37.6. The second-order valence-corrected chi connectivity index (χ2v) is 12.7. The Morgan fingerprint density at radius 2 is 0.810 bits per heavy atom. The number of hydrogen-bond acceptors (Lipinski definition) is 2. The Bertz CT molecular complexity index is 1000. The molecule has 42 heavy (non-hydrogen) atoms. The second kappa shape index (κ2) is 23.1. The summed E-state index contributed by atoms with van der Waals surface area (Å²) in [4.78, 5) is 14.2. The Labute approximate surface area is 260 Å². The Morgan fingerprint density at radius 3 is 1.14 bits per heavy atom. The molecule has 0 aromatic heterocycles. The van der Waals surface area contributed by atoms with Gasteiger partial charge in [-0.15, -0.1) is 0 Å². The largest absolute Gasteiger partial charge is 0.378 e. The third-order valence-electron chi connectivity index (χ3n) is 7.94. The predicted molar refractivity (Wildman–Crippen MR) is 185 cm³/mol. The summed E-state index contributed by atoms with van der Waals surface area (Å²) in [7, 11) is 0. The topological polar surface area (TPSA) is 29.5 Å². The van der Waals surface area contributed by atoms with Crippen molar-refractivity contribution in [2.75, 3.05) is 26.3 Å². The van der Waals surface area contributed by atoms with E-state index in [1.54, 1.807) is 0 Å². The number of hydrogen-bond donors (Lipinski definition) is 0. The van der Waals surface area contributed by atoms with Gasteiger partial charge in [-0.1, -0.05) is 75.5 Å². The van der Waals surface area contributed by atoms with E-state index in [1.165, 1.54) is 46.3 Å². The molecular weight excluding hydrogens is 514 g/mol. The predicted octanol–water partition coefficient (Wildman–Crippen LogP) is 11.2. The molecule has 3 nitrogen and oxygen atoms in total. The Morgan fingerprint density at radius 1 is 0.500 bits per heavy atom. The highest BCUT2D eigenvalue weighted by molar-refractivity contribution is 5.88. The van der Waals surface area contributed by atoms with Crippen molar-refractivity contribution in [1.29, 1.82) is 0 Å². The molecule has 3 heteroatoms. The Hall–Kier alpha value is -2.39. The van der Waals surface area contributed by atoms with Gasteiger partial charge in [0.1, 0.15) is 0 Å². The molecule has 1 saturated heterocycles. The van der Waals surface area contributed by atoms with Crippen molar-refractivity contribution in [2.24, 2.45) is 0 Å². The standard InChI is InChI=1S/C39H63NO2/c1-32(2)15-9-16-33(3)17-10-18-34(4)19-11-20-35(5)21-12-22-36(6)23-13-24-37(7)25-14-26-38(8)31-39(41)40-27-29-42-30-28-40/h15,17,19,21,23,25,31H,9-14,16,18,20,22,24,26-30H2,1-8H3/b33-17+,34-19+,35-21-,36-23-,37-25-,38-31-. The van der Waals surface area contributed by atoms with Gasteiger partial charge in [-0.2, -0.15) is 0 Å². The molecule has 0 unspecified atom stereocenters. The van der Waals surface area contributed by atoms with Crippen LogP contribution in [0.15, 0.2) is 81.5 Å². The molecule has 0 atom stereocenters. The molecule has 1 rings (SSSR count). The van der Waals surface area contributed by atoms with Crippen LogP contribution in [0.3, 0.4) is 0 Å². The van der Waals surface area contributed by atoms with Gasteiger partial charge in [0.25, 0.3) is 0 Å². The van der Waals surface area contributed by atoms with Crippen molar-refractivity contribution in [3.63, 3.8) is 0 Å². The smallest absolute Gasteiger partial charge is 0.246 e. The monoisotopic (exact) mass is 577 g/mol. The fourth-order valence-electron chi connectivity index (χ4n) is 4.99. The van der Waals surface area contributed by atoms with Gasteiger partial charge in [0.05, 0.1) is 13.2 Å². The lowest BCUT2D eigenvalue weighted by atomic mass is 10.0. The lowest BCUT2D eigenvalue weighted by Gasteiger charge is -2.25. The van der Waals surface area contributed by atoms with Crippen molar-refractivity contribution in [2.45, 2.75) is 132 Å². The van der Waals surface area contributed by atoms with E-state index in [9.17, 15) is 4.79 Å². The van der Waals surface area contributed by atoms with Crippen LogP contribution in [0, 0.1) is 0 Å². The summed E-state index contributed by atoms with van der Waals surface area (Å²) >= 11 is 0. The maximum Gasteiger partial charge on any atom is 0.246 e. The van der Waals surface area contributed by atoms with E-state index in [2.05, 4.69) is 91.8 Å². The molecule has 0 saturated carbocycles. The number of carbonyl (C=O) groups is 1. The van der Waals surface area contributed by atoms with Crippen LogP contribution >= 0.6 is 0 Å². The molecule has 0 spiro atoms. The summed E-state index contributed by atoms with van der Waals surface area (Å²) in [5.74, 6) is 0.129. The SMILES string of the molecule is CC(C)=CCC/C(C)=C/CC/C(C)=C/CC/C(C)=C\CC/C(C)=C\CC/C(C)=C\CC/C(C)=C\C(=O)N1CCOCC1. The number of rotatable bonds is 19. The van der Waals surface area contributed by atoms with Gasteiger partial charge in [0, 0.05) is 19.2 Å². The van der Waals surface area contributed by atoms with Crippen LogP contribution in [0.4, 0.5) is 0 Å². The molecule has 1 aliphatic heterocycles. The molecule has 0 radical (unpaired) electrons.